The van der Waals surface area contributed by atoms with E-state index >= 15 is 0 Å². The monoisotopic (exact) mass is 425 g/mol. The maximum Gasteiger partial charge on any atom is 0.262 e. The van der Waals surface area contributed by atoms with Crippen LogP contribution in [-0.4, -0.2) is 69.0 Å². The van der Waals surface area contributed by atoms with Gasteiger partial charge in [-0.05, 0) is 29.8 Å². The van der Waals surface area contributed by atoms with Gasteiger partial charge in [0, 0.05) is 26.1 Å². The minimum absolute atomic E-state index is 0.0793. The van der Waals surface area contributed by atoms with Crippen LogP contribution < -0.4 is 9.47 Å². The molecule has 0 aliphatic carbocycles. The van der Waals surface area contributed by atoms with E-state index in [0.717, 1.165) is 28.3 Å². The standard InChI is InChI=1S/C23H27N3O5/c1-25(23(28)15-29-2)14-22(27)26-21(16-8-10-18(30-3)11-9-16)13-20(24-26)17-6-5-7-19(12-17)31-4/h5-12,21H,13-15H2,1-4H3. The van der Waals surface area contributed by atoms with Gasteiger partial charge >= 0.3 is 0 Å². The Morgan fingerprint density at radius 1 is 1.06 bits per heavy atom. The first kappa shape index (κ1) is 22.3. The maximum atomic E-state index is 13.1. The van der Waals surface area contributed by atoms with Crippen molar-refractivity contribution in [1.82, 2.24) is 9.91 Å². The van der Waals surface area contributed by atoms with Gasteiger partial charge in [-0.1, -0.05) is 24.3 Å². The number of methoxy groups -OCH3 is 3. The average molecular weight is 425 g/mol. The lowest BCUT2D eigenvalue weighted by Crippen LogP contribution is -2.40. The van der Waals surface area contributed by atoms with Gasteiger partial charge in [-0.25, -0.2) is 5.01 Å². The largest absolute Gasteiger partial charge is 0.497 e. The number of carbonyl (C=O) groups is 2. The van der Waals surface area contributed by atoms with Gasteiger partial charge in [0.05, 0.1) is 26.0 Å². The zero-order valence-electron chi connectivity index (χ0n) is 18.2. The summed E-state index contributed by atoms with van der Waals surface area (Å²) >= 11 is 0. The third-order valence-corrected chi connectivity index (χ3v) is 5.14. The molecule has 0 fully saturated rings. The normalized spacial score (nSPS) is 15.4. The van der Waals surface area contributed by atoms with Crippen LogP contribution in [0.25, 0.3) is 0 Å². The van der Waals surface area contributed by atoms with Crippen LogP contribution in [0.4, 0.5) is 0 Å². The molecule has 0 N–H and O–H groups in total. The molecule has 8 nitrogen and oxygen atoms in total. The first-order valence-corrected chi connectivity index (χ1v) is 9.87. The van der Waals surface area contributed by atoms with Crippen molar-refractivity contribution in [3.63, 3.8) is 0 Å². The SMILES string of the molecule is COCC(=O)N(C)CC(=O)N1N=C(c2cccc(OC)c2)CC1c1ccc(OC)cc1. The molecule has 2 aromatic carbocycles. The highest BCUT2D eigenvalue weighted by atomic mass is 16.5. The van der Waals surface area contributed by atoms with Gasteiger partial charge in [0.25, 0.3) is 5.91 Å². The molecule has 0 radical (unpaired) electrons. The van der Waals surface area contributed by atoms with Gasteiger partial charge in [-0.2, -0.15) is 5.10 Å². The fraction of sp³-hybridized carbons (Fsp3) is 0.348. The van der Waals surface area contributed by atoms with Crippen molar-refractivity contribution in [2.45, 2.75) is 12.5 Å². The van der Waals surface area contributed by atoms with Crippen molar-refractivity contribution in [3.05, 3.63) is 59.7 Å². The Labute approximate surface area is 182 Å². The van der Waals surface area contributed by atoms with Crippen LogP contribution in [0.15, 0.2) is 53.6 Å². The van der Waals surface area contributed by atoms with Gasteiger partial charge in [-0.3, -0.25) is 9.59 Å². The number of hydrazone groups is 1. The van der Waals surface area contributed by atoms with Crippen molar-refractivity contribution in [1.29, 1.82) is 0 Å². The minimum Gasteiger partial charge on any atom is -0.497 e. The summed E-state index contributed by atoms with van der Waals surface area (Å²) < 4.78 is 15.4. The molecule has 0 bridgehead atoms. The van der Waals surface area contributed by atoms with Gasteiger partial charge in [0.2, 0.25) is 5.91 Å². The molecule has 2 aromatic rings. The van der Waals surface area contributed by atoms with Gasteiger partial charge in [0.1, 0.15) is 24.7 Å². The molecule has 0 saturated heterocycles. The second-order valence-corrected chi connectivity index (χ2v) is 7.19. The highest BCUT2D eigenvalue weighted by molar-refractivity contribution is 6.03. The molecule has 0 saturated carbocycles. The third kappa shape index (κ3) is 5.21. The van der Waals surface area contributed by atoms with E-state index in [2.05, 4.69) is 5.10 Å². The third-order valence-electron chi connectivity index (χ3n) is 5.14. The number of carbonyl (C=O) groups excluding carboxylic acids is 2. The Kier molecular flexibility index (Phi) is 7.25. The summed E-state index contributed by atoms with van der Waals surface area (Å²) in [5.41, 5.74) is 2.59. The Morgan fingerprint density at radius 3 is 2.42 bits per heavy atom. The molecular weight excluding hydrogens is 398 g/mol. The van der Waals surface area contributed by atoms with Crippen LogP contribution in [-0.2, 0) is 14.3 Å². The summed E-state index contributed by atoms with van der Waals surface area (Å²) in [6.45, 7) is -0.173. The van der Waals surface area contributed by atoms with E-state index < -0.39 is 0 Å². The molecule has 2 amide bonds. The lowest BCUT2D eigenvalue weighted by molar-refractivity contribution is -0.142. The zero-order valence-corrected chi connectivity index (χ0v) is 18.2. The lowest BCUT2D eigenvalue weighted by atomic mass is 9.98. The number of likely N-dealkylation sites (N-methyl/N-ethyl adjacent to an activating group) is 1. The van der Waals surface area contributed by atoms with Crippen LogP contribution in [0.2, 0.25) is 0 Å². The first-order valence-electron chi connectivity index (χ1n) is 9.87. The Hall–Kier alpha value is -3.39. The molecular formula is C23H27N3O5. The average Bonchev–Trinajstić information content (AvgIpc) is 3.25. The Bertz CT molecular complexity index is 958. The van der Waals surface area contributed by atoms with E-state index in [1.165, 1.54) is 17.0 Å². The van der Waals surface area contributed by atoms with Crippen LogP contribution in [0, 0.1) is 0 Å². The van der Waals surface area contributed by atoms with E-state index in [4.69, 9.17) is 14.2 Å². The molecule has 0 spiro atoms. The van der Waals surface area contributed by atoms with Crippen molar-refractivity contribution in [2.75, 3.05) is 41.5 Å². The van der Waals surface area contributed by atoms with E-state index in [9.17, 15) is 9.59 Å². The van der Waals surface area contributed by atoms with Crippen LogP contribution >= 0.6 is 0 Å². The number of hydrogen-bond donors (Lipinski definition) is 0. The minimum atomic E-state index is -0.287. The number of benzene rings is 2. The number of amides is 2. The van der Waals surface area contributed by atoms with E-state index in [1.807, 2.05) is 48.5 Å². The Morgan fingerprint density at radius 2 is 1.77 bits per heavy atom. The van der Waals surface area contributed by atoms with Crippen LogP contribution in [0.3, 0.4) is 0 Å². The molecule has 1 aliphatic rings. The predicted molar refractivity (Wildman–Crippen MR) is 116 cm³/mol. The van der Waals surface area contributed by atoms with Gasteiger partial charge in [-0.15, -0.1) is 0 Å². The fourth-order valence-electron chi connectivity index (χ4n) is 3.40. The summed E-state index contributed by atoms with van der Waals surface area (Å²) in [7, 11) is 6.23. The summed E-state index contributed by atoms with van der Waals surface area (Å²) in [6.07, 6.45) is 0.543. The van der Waals surface area contributed by atoms with E-state index in [1.54, 1.807) is 21.3 Å². The molecule has 1 atom stereocenters. The molecule has 31 heavy (non-hydrogen) atoms. The number of hydrogen-bond acceptors (Lipinski definition) is 6. The highest BCUT2D eigenvalue weighted by Crippen LogP contribution is 2.34. The second-order valence-electron chi connectivity index (χ2n) is 7.19. The summed E-state index contributed by atoms with van der Waals surface area (Å²) in [4.78, 5) is 26.5. The van der Waals surface area contributed by atoms with Crippen molar-refractivity contribution in [3.8, 4) is 11.5 Å². The van der Waals surface area contributed by atoms with Crippen LogP contribution in [0.5, 0.6) is 11.5 Å². The van der Waals surface area contributed by atoms with E-state index in [0.29, 0.717) is 6.42 Å². The molecule has 1 heterocycles. The van der Waals surface area contributed by atoms with Gasteiger partial charge < -0.3 is 19.1 Å². The van der Waals surface area contributed by atoms with Crippen molar-refractivity contribution >= 4 is 17.5 Å². The molecule has 164 valence electrons. The predicted octanol–water partition coefficient (Wildman–Crippen LogP) is 2.49. The molecule has 0 aromatic heterocycles. The molecule has 8 heteroatoms. The van der Waals surface area contributed by atoms with Crippen LogP contribution in [0.1, 0.15) is 23.6 Å². The number of nitrogens with zero attached hydrogens (tertiary/aromatic N) is 3. The zero-order chi connectivity index (χ0) is 22.4. The maximum absolute atomic E-state index is 13.1. The van der Waals surface area contributed by atoms with E-state index in [-0.39, 0.29) is 31.0 Å². The molecule has 1 aliphatic heterocycles. The highest BCUT2D eigenvalue weighted by Gasteiger charge is 2.34. The van der Waals surface area contributed by atoms with Gasteiger partial charge in [0.15, 0.2) is 0 Å². The quantitative estimate of drug-likeness (QED) is 0.649. The Balaban J connectivity index is 1.89. The topological polar surface area (TPSA) is 80.7 Å². The lowest BCUT2D eigenvalue weighted by Gasteiger charge is -2.25. The number of rotatable bonds is 8. The molecule has 3 rings (SSSR count). The first-order chi connectivity index (χ1) is 15.0. The molecule has 1 unspecified atom stereocenters. The van der Waals surface area contributed by atoms with Crippen molar-refractivity contribution in [2.24, 2.45) is 5.10 Å². The van der Waals surface area contributed by atoms with Crippen molar-refractivity contribution < 1.29 is 23.8 Å². The smallest absolute Gasteiger partial charge is 0.262 e. The summed E-state index contributed by atoms with van der Waals surface area (Å²) in [5, 5.41) is 6.10. The fourth-order valence-corrected chi connectivity index (χ4v) is 3.40. The second kappa shape index (κ2) is 10.1. The number of ether oxygens (including phenoxy) is 3. The summed E-state index contributed by atoms with van der Waals surface area (Å²) in [6, 6.07) is 14.9. The summed E-state index contributed by atoms with van der Waals surface area (Å²) in [5.74, 6) is 0.910.